The van der Waals surface area contributed by atoms with Crippen molar-refractivity contribution in [3.63, 3.8) is 0 Å². The number of fused-ring (bicyclic) bond motifs is 2. The Kier molecular flexibility index (Phi) is 2.58. The highest BCUT2D eigenvalue weighted by Gasteiger charge is 2.51. The predicted molar refractivity (Wildman–Crippen MR) is 52.7 cm³/mol. The summed E-state index contributed by atoms with van der Waals surface area (Å²) >= 11 is 0. The summed E-state index contributed by atoms with van der Waals surface area (Å²) < 4.78 is 11.3. The van der Waals surface area contributed by atoms with Crippen molar-refractivity contribution in [1.82, 2.24) is 0 Å². The standard InChI is InChI=1S/C11H20O3/c1-5(2)8-6(3)11-13-7(4)10(14-11)9(8)12/h5-12H,1-4H3/t6-,7-,8+,9-,10-,11-/m0/s1. The quantitative estimate of drug-likeness (QED) is 0.695. The minimum absolute atomic E-state index is 0.0289. The van der Waals surface area contributed by atoms with E-state index in [2.05, 4.69) is 20.8 Å². The number of ether oxygens (including phenoxy) is 2. The van der Waals surface area contributed by atoms with Crippen molar-refractivity contribution < 1.29 is 14.6 Å². The van der Waals surface area contributed by atoms with Crippen LogP contribution >= 0.6 is 0 Å². The lowest BCUT2D eigenvalue weighted by atomic mass is 9.76. The van der Waals surface area contributed by atoms with E-state index in [9.17, 15) is 5.11 Å². The van der Waals surface area contributed by atoms with E-state index in [1.165, 1.54) is 0 Å². The van der Waals surface area contributed by atoms with Gasteiger partial charge in [0.05, 0.1) is 12.2 Å². The summed E-state index contributed by atoms with van der Waals surface area (Å²) in [5.74, 6) is 1.05. The highest BCUT2D eigenvalue weighted by Crippen LogP contribution is 2.42. The van der Waals surface area contributed by atoms with E-state index in [0.717, 1.165) is 0 Å². The van der Waals surface area contributed by atoms with Gasteiger partial charge in [-0.05, 0) is 18.8 Å². The van der Waals surface area contributed by atoms with Crippen LogP contribution in [0, 0.1) is 17.8 Å². The summed E-state index contributed by atoms with van der Waals surface area (Å²) in [4.78, 5) is 0. The highest BCUT2D eigenvalue weighted by atomic mass is 16.7. The smallest absolute Gasteiger partial charge is 0.161 e. The maximum atomic E-state index is 10.2. The summed E-state index contributed by atoms with van der Waals surface area (Å²) in [6.45, 7) is 8.38. The van der Waals surface area contributed by atoms with E-state index in [1.807, 2.05) is 6.92 Å². The van der Waals surface area contributed by atoms with Gasteiger partial charge in [-0.25, -0.2) is 0 Å². The van der Waals surface area contributed by atoms with Crippen LogP contribution < -0.4 is 0 Å². The lowest BCUT2D eigenvalue weighted by Gasteiger charge is -2.39. The third-order valence-electron chi connectivity index (χ3n) is 3.64. The average Bonchev–Trinajstić information content (AvgIpc) is 2.42. The number of rotatable bonds is 1. The molecule has 0 radical (unpaired) electrons. The highest BCUT2D eigenvalue weighted by molar-refractivity contribution is 4.95. The lowest BCUT2D eigenvalue weighted by molar-refractivity contribution is -0.185. The van der Waals surface area contributed by atoms with Crippen LogP contribution in [0.25, 0.3) is 0 Å². The van der Waals surface area contributed by atoms with Gasteiger partial charge in [0.2, 0.25) is 0 Å². The Bertz CT molecular complexity index is 217. The van der Waals surface area contributed by atoms with Crippen LogP contribution in [0.5, 0.6) is 0 Å². The van der Waals surface area contributed by atoms with Gasteiger partial charge in [0.25, 0.3) is 0 Å². The molecular formula is C11H20O3. The van der Waals surface area contributed by atoms with Crippen LogP contribution in [0.4, 0.5) is 0 Å². The van der Waals surface area contributed by atoms with Gasteiger partial charge in [0, 0.05) is 5.92 Å². The van der Waals surface area contributed by atoms with Crippen LogP contribution in [0.3, 0.4) is 0 Å². The van der Waals surface area contributed by atoms with E-state index in [1.54, 1.807) is 0 Å². The van der Waals surface area contributed by atoms with Crippen LogP contribution in [0.2, 0.25) is 0 Å². The maximum Gasteiger partial charge on any atom is 0.161 e. The molecule has 0 unspecified atom stereocenters. The SMILES string of the molecule is CC(C)[C@@H]1[C@H](C)[C@@H]2O[C@H]([C@H]1O)[C@H](C)O2. The molecule has 3 heteroatoms. The second-order valence-electron chi connectivity index (χ2n) is 4.98. The normalized spacial score (nSPS) is 52.7. The Morgan fingerprint density at radius 1 is 1.14 bits per heavy atom. The zero-order valence-electron chi connectivity index (χ0n) is 9.31. The second-order valence-corrected chi connectivity index (χ2v) is 4.98. The first-order chi connectivity index (χ1) is 6.52. The maximum absolute atomic E-state index is 10.2. The number of hydrogen-bond donors (Lipinski definition) is 1. The summed E-state index contributed by atoms with van der Waals surface area (Å²) in [6, 6.07) is 0. The lowest BCUT2D eigenvalue weighted by Crippen LogP contribution is -2.48. The Hall–Kier alpha value is -0.120. The summed E-state index contributed by atoms with van der Waals surface area (Å²) in [5, 5.41) is 10.2. The van der Waals surface area contributed by atoms with Crippen molar-refractivity contribution in [3.8, 4) is 0 Å². The zero-order chi connectivity index (χ0) is 10.5. The third-order valence-corrected chi connectivity index (χ3v) is 3.64. The van der Waals surface area contributed by atoms with Gasteiger partial charge in [-0.3, -0.25) is 0 Å². The first-order valence-electron chi connectivity index (χ1n) is 5.51. The molecule has 14 heavy (non-hydrogen) atoms. The molecule has 0 spiro atoms. The first-order valence-corrected chi connectivity index (χ1v) is 5.51. The fraction of sp³-hybridized carbons (Fsp3) is 1.00. The second kappa shape index (κ2) is 3.47. The Morgan fingerprint density at radius 3 is 2.36 bits per heavy atom. The molecule has 0 saturated carbocycles. The molecule has 2 fully saturated rings. The monoisotopic (exact) mass is 200 g/mol. The molecule has 0 aliphatic carbocycles. The average molecular weight is 200 g/mol. The summed E-state index contributed by atoms with van der Waals surface area (Å²) in [7, 11) is 0. The zero-order valence-corrected chi connectivity index (χ0v) is 9.31. The Balaban J connectivity index is 2.21. The molecule has 0 amide bonds. The van der Waals surface area contributed by atoms with Gasteiger partial charge < -0.3 is 14.6 Å². The summed E-state index contributed by atoms with van der Waals surface area (Å²) in [5.41, 5.74) is 0. The van der Waals surface area contributed by atoms with Crippen LogP contribution in [-0.4, -0.2) is 29.7 Å². The molecule has 82 valence electrons. The van der Waals surface area contributed by atoms with Crippen molar-refractivity contribution >= 4 is 0 Å². The van der Waals surface area contributed by atoms with Gasteiger partial charge >= 0.3 is 0 Å². The van der Waals surface area contributed by atoms with Crippen molar-refractivity contribution in [2.24, 2.45) is 17.8 Å². The molecule has 6 atom stereocenters. The van der Waals surface area contributed by atoms with Gasteiger partial charge in [0.15, 0.2) is 6.29 Å². The minimum atomic E-state index is -0.376. The number of aliphatic hydroxyl groups excluding tert-OH is 1. The molecule has 2 bridgehead atoms. The fourth-order valence-electron chi connectivity index (χ4n) is 2.91. The van der Waals surface area contributed by atoms with E-state index in [0.29, 0.717) is 11.8 Å². The third kappa shape index (κ3) is 1.38. The molecular weight excluding hydrogens is 180 g/mol. The topological polar surface area (TPSA) is 38.7 Å². The molecule has 0 aromatic carbocycles. The summed E-state index contributed by atoms with van der Waals surface area (Å²) in [6.07, 6.45) is -0.575. The molecule has 0 aromatic rings. The predicted octanol–water partition coefficient (Wildman–Crippen LogP) is 1.40. The van der Waals surface area contributed by atoms with Gasteiger partial charge in [0.1, 0.15) is 6.10 Å². The minimum Gasteiger partial charge on any atom is -0.390 e. The van der Waals surface area contributed by atoms with Crippen LogP contribution in [0.15, 0.2) is 0 Å². The number of hydrogen-bond acceptors (Lipinski definition) is 3. The Labute approximate surface area is 85.4 Å². The molecule has 2 aliphatic heterocycles. The molecule has 2 heterocycles. The molecule has 2 rings (SSSR count). The first kappa shape index (κ1) is 10.4. The fourth-order valence-corrected chi connectivity index (χ4v) is 2.91. The van der Waals surface area contributed by atoms with Gasteiger partial charge in [-0.1, -0.05) is 20.8 Å². The van der Waals surface area contributed by atoms with E-state index < -0.39 is 0 Å². The van der Waals surface area contributed by atoms with Crippen molar-refractivity contribution in [2.45, 2.75) is 52.3 Å². The molecule has 3 nitrogen and oxygen atoms in total. The van der Waals surface area contributed by atoms with Crippen molar-refractivity contribution in [3.05, 3.63) is 0 Å². The van der Waals surface area contributed by atoms with Crippen molar-refractivity contribution in [1.29, 1.82) is 0 Å². The largest absolute Gasteiger partial charge is 0.390 e. The molecule has 2 aliphatic rings. The van der Waals surface area contributed by atoms with E-state index in [4.69, 9.17) is 9.47 Å². The van der Waals surface area contributed by atoms with E-state index >= 15 is 0 Å². The number of aliphatic hydroxyl groups is 1. The molecule has 0 aromatic heterocycles. The molecule has 2 saturated heterocycles. The van der Waals surface area contributed by atoms with Gasteiger partial charge in [-0.15, -0.1) is 0 Å². The van der Waals surface area contributed by atoms with Crippen molar-refractivity contribution in [2.75, 3.05) is 0 Å². The Morgan fingerprint density at radius 2 is 1.79 bits per heavy atom. The van der Waals surface area contributed by atoms with E-state index in [-0.39, 0.29) is 30.5 Å². The van der Waals surface area contributed by atoms with Crippen LogP contribution in [0.1, 0.15) is 27.7 Å². The van der Waals surface area contributed by atoms with Crippen LogP contribution in [-0.2, 0) is 9.47 Å². The molecule has 1 N–H and O–H groups in total. The van der Waals surface area contributed by atoms with Gasteiger partial charge in [-0.2, -0.15) is 0 Å².